The molecule has 0 amide bonds. The summed E-state index contributed by atoms with van der Waals surface area (Å²) in [5.41, 5.74) is -5.87. The molecule has 1 aromatic heterocycles. The zero-order valence-electron chi connectivity index (χ0n) is 28.0. The number of esters is 4. The molecule has 2 N–H and O–H groups in total. The van der Waals surface area contributed by atoms with Crippen LogP contribution < -0.4 is 0 Å². The Bertz CT molecular complexity index is 1500. The van der Waals surface area contributed by atoms with E-state index in [0.29, 0.717) is 12.0 Å². The third kappa shape index (κ3) is 5.26. The highest BCUT2D eigenvalue weighted by Gasteiger charge is 2.77. The molecule has 13 nitrogen and oxygen atoms in total. The Morgan fingerprint density at radius 3 is 2.52 bits per heavy atom. The van der Waals surface area contributed by atoms with E-state index in [1.807, 2.05) is 0 Å². The van der Waals surface area contributed by atoms with Crippen molar-refractivity contribution < 1.29 is 62.3 Å². The fraction of sp³-hybridized carbons (Fsp3) is 0.629. The number of hydrogen-bond acceptors (Lipinski definition) is 13. The summed E-state index contributed by atoms with van der Waals surface area (Å²) in [5.74, 6) is -6.21. The van der Waals surface area contributed by atoms with Gasteiger partial charge in [-0.1, -0.05) is 46.8 Å². The highest BCUT2D eigenvalue weighted by Crippen LogP contribution is 2.69. The van der Waals surface area contributed by atoms with Crippen molar-refractivity contribution in [2.75, 3.05) is 6.61 Å². The lowest BCUT2D eigenvalue weighted by atomic mass is 9.47. The van der Waals surface area contributed by atoms with Gasteiger partial charge in [-0.25, -0.2) is 9.59 Å². The van der Waals surface area contributed by atoms with E-state index in [1.54, 1.807) is 40.7 Å². The number of fused-ring (bicyclic) bond motifs is 2. The van der Waals surface area contributed by atoms with Crippen LogP contribution in [0, 0.1) is 28.6 Å². The van der Waals surface area contributed by atoms with Crippen molar-refractivity contribution in [3.63, 3.8) is 0 Å². The molecule has 0 spiro atoms. The topological polar surface area (TPSA) is 185 Å². The van der Waals surface area contributed by atoms with Crippen molar-refractivity contribution >= 4 is 30.3 Å². The number of cyclic esters (lactones) is 1. The lowest BCUT2D eigenvalue weighted by Crippen LogP contribution is -2.71. The van der Waals surface area contributed by atoms with Crippen molar-refractivity contribution in [2.24, 2.45) is 28.6 Å². The van der Waals surface area contributed by atoms with E-state index in [-0.39, 0.29) is 31.5 Å². The van der Waals surface area contributed by atoms with E-state index in [9.17, 15) is 34.2 Å². The Labute approximate surface area is 278 Å². The highest BCUT2D eigenvalue weighted by molar-refractivity contribution is 5.83. The lowest BCUT2D eigenvalue weighted by molar-refractivity contribution is -0.243. The van der Waals surface area contributed by atoms with Gasteiger partial charge in [-0.3, -0.25) is 14.4 Å². The second-order valence-corrected chi connectivity index (χ2v) is 14.2. The number of rotatable bonds is 9. The molecule has 262 valence electrons. The normalized spacial score (nSPS) is 40.3. The van der Waals surface area contributed by atoms with Crippen LogP contribution in [-0.2, 0) is 47.7 Å². The fourth-order valence-electron chi connectivity index (χ4n) is 8.93. The van der Waals surface area contributed by atoms with Crippen molar-refractivity contribution in [1.82, 2.24) is 0 Å². The monoisotopic (exact) mass is 672 g/mol. The molecular weight excluding hydrogens is 628 g/mol. The molecule has 4 aliphatic rings. The Morgan fingerprint density at radius 1 is 1.21 bits per heavy atom. The molecule has 1 saturated heterocycles. The Balaban J connectivity index is 1.79. The Hall–Kier alpha value is -3.97. The predicted molar refractivity (Wildman–Crippen MR) is 164 cm³/mol. The third-order valence-electron chi connectivity index (χ3n) is 11.6. The maximum atomic E-state index is 13.7. The van der Waals surface area contributed by atoms with Gasteiger partial charge in [0.1, 0.15) is 36.1 Å². The van der Waals surface area contributed by atoms with E-state index in [2.05, 4.69) is 6.58 Å². The number of furan rings is 1. The third-order valence-corrected chi connectivity index (χ3v) is 11.6. The highest BCUT2D eigenvalue weighted by atomic mass is 16.6. The summed E-state index contributed by atoms with van der Waals surface area (Å²) in [4.78, 5) is 64.4. The molecule has 4 unspecified atom stereocenters. The summed E-state index contributed by atoms with van der Waals surface area (Å²) in [6.45, 7) is 13.9. The van der Waals surface area contributed by atoms with Crippen LogP contribution in [0.25, 0.3) is 0 Å². The second-order valence-electron chi connectivity index (χ2n) is 14.2. The number of ether oxygens (including phenoxy) is 5. The summed E-state index contributed by atoms with van der Waals surface area (Å²) in [6.07, 6.45) is 0.145. The first-order valence-electron chi connectivity index (χ1n) is 16.2. The van der Waals surface area contributed by atoms with E-state index in [0.717, 1.165) is 0 Å². The number of carbonyl (C=O) groups is 5. The molecule has 48 heavy (non-hydrogen) atoms. The van der Waals surface area contributed by atoms with Gasteiger partial charge in [0.05, 0.1) is 24.4 Å². The van der Waals surface area contributed by atoms with Gasteiger partial charge in [0.2, 0.25) is 0 Å². The van der Waals surface area contributed by atoms with Crippen LogP contribution in [0.15, 0.2) is 47.3 Å². The second kappa shape index (κ2) is 12.5. The quantitative estimate of drug-likeness (QED) is 0.169. The number of hydrogen-bond donors (Lipinski definition) is 2. The van der Waals surface area contributed by atoms with Gasteiger partial charge in [-0.2, -0.15) is 0 Å². The van der Waals surface area contributed by atoms with Gasteiger partial charge in [0.15, 0.2) is 6.10 Å². The first-order chi connectivity index (χ1) is 22.5. The first kappa shape index (κ1) is 35.3. The molecule has 2 aliphatic carbocycles. The minimum absolute atomic E-state index is 0.0231. The molecule has 2 aliphatic heterocycles. The summed E-state index contributed by atoms with van der Waals surface area (Å²) in [7, 11) is 0. The fourth-order valence-corrected chi connectivity index (χ4v) is 8.93. The molecule has 0 aromatic carbocycles. The summed E-state index contributed by atoms with van der Waals surface area (Å²) >= 11 is 0. The maximum absolute atomic E-state index is 13.7. The van der Waals surface area contributed by atoms with E-state index in [4.69, 9.17) is 28.1 Å². The smallest absolute Gasteiger partial charge is 0.335 e. The van der Waals surface area contributed by atoms with Gasteiger partial charge >= 0.3 is 23.9 Å². The zero-order chi connectivity index (χ0) is 35.4. The summed E-state index contributed by atoms with van der Waals surface area (Å²) in [6, 6.07) is 1.67. The van der Waals surface area contributed by atoms with Crippen LogP contribution in [0.3, 0.4) is 0 Å². The van der Waals surface area contributed by atoms with Crippen LogP contribution in [0.5, 0.6) is 0 Å². The first-order valence-corrected chi connectivity index (χ1v) is 16.2. The Kier molecular flexibility index (Phi) is 9.19. The summed E-state index contributed by atoms with van der Waals surface area (Å²) < 4.78 is 34.4. The van der Waals surface area contributed by atoms with Crippen LogP contribution in [0.2, 0.25) is 0 Å². The van der Waals surface area contributed by atoms with E-state index in [1.165, 1.54) is 31.6 Å². The molecule has 13 heteroatoms. The van der Waals surface area contributed by atoms with Gasteiger partial charge in [-0.15, -0.1) is 0 Å². The lowest BCUT2D eigenvalue weighted by Gasteiger charge is -2.61. The zero-order valence-corrected chi connectivity index (χ0v) is 28.0. The summed E-state index contributed by atoms with van der Waals surface area (Å²) in [5, 5.41) is 24.2. The van der Waals surface area contributed by atoms with E-state index < -0.39 is 94.0 Å². The average molecular weight is 673 g/mol. The minimum Gasteiger partial charge on any atom is -0.472 e. The van der Waals surface area contributed by atoms with Crippen molar-refractivity contribution in [2.45, 2.75) is 102 Å². The molecular formula is C35H44O13. The number of aliphatic hydroxyl groups excluding tert-OH is 1. The molecule has 0 radical (unpaired) electrons. The van der Waals surface area contributed by atoms with E-state index >= 15 is 0 Å². The van der Waals surface area contributed by atoms with Crippen LogP contribution in [-0.4, -0.2) is 82.8 Å². The van der Waals surface area contributed by atoms with Gasteiger partial charge in [-0.05, 0) is 36.5 Å². The number of aliphatic hydroxyl groups is 2. The van der Waals surface area contributed by atoms with Crippen molar-refractivity contribution in [3.05, 3.63) is 48.5 Å². The molecule has 3 fully saturated rings. The number of carbonyl (C=O) groups excluding carboxylic acids is 5. The number of allylic oxidation sites excluding steroid dienone is 1. The molecule has 0 bridgehead atoms. The maximum Gasteiger partial charge on any atom is 0.335 e. The van der Waals surface area contributed by atoms with Crippen LogP contribution >= 0.6 is 0 Å². The predicted octanol–water partition coefficient (Wildman–Crippen LogP) is 2.92. The molecule has 5 rings (SSSR count). The van der Waals surface area contributed by atoms with Crippen LogP contribution in [0.4, 0.5) is 0 Å². The standard InChI is InChI=1S/C35H44O13/c1-8-18(2)28(40)31(41)47-30-29(45-17-36)27(32(5)11-9-25(38)48-33(6)16-44-26(39)14-23(32)33)19(3)35(42)24(46-20(4)37)13-22(34(30,35)7)21-10-12-43-15-21/h9-12,15,17-18,22-24,27-30,40,42H,3,8,13-14,16H2,1-2,4-7H3/t18?,22-,23?,24-,27?,28?,29+,30-,32+,33-,34+,35+/m1/s1. The Morgan fingerprint density at radius 2 is 1.92 bits per heavy atom. The van der Waals surface area contributed by atoms with Gasteiger partial charge < -0.3 is 38.3 Å². The van der Waals surface area contributed by atoms with Gasteiger partial charge in [0.25, 0.3) is 6.47 Å². The minimum atomic E-state index is -2.17. The SMILES string of the molecule is C=C1C([C@@]2(C)C=CC(=O)O[C@]3(C)COC(=O)CC23)[C@H](OC=O)[C@@H](OC(=O)C(O)C(C)CC)[C@]2(C)[C@@H](c3ccoc3)C[C@@H](OC(C)=O)[C@@]12O. The molecule has 3 heterocycles. The molecule has 1 aromatic rings. The van der Waals surface area contributed by atoms with Crippen molar-refractivity contribution in [3.8, 4) is 0 Å². The largest absolute Gasteiger partial charge is 0.472 e. The van der Waals surface area contributed by atoms with Gasteiger partial charge in [0, 0.05) is 36.2 Å². The van der Waals surface area contributed by atoms with Crippen LogP contribution in [0.1, 0.15) is 72.3 Å². The molecule has 2 saturated carbocycles. The molecule has 12 atom stereocenters. The van der Waals surface area contributed by atoms with Crippen molar-refractivity contribution in [1.29, 1.82) is 0 Å². The average Bonchev–Trinajstić information content (AvgIpc) is 3.62.